The third kappa shape index (κ3) is 4.17. The fraction of sp³-hybridized carbons (Fsp3) is 1.00. The molecule has 0 aromatic heterocycles. The molecule has 1 atom stereocenters. The van der Waals surface area contributed by atoms with Crippen LogP contribution < -0.4 is 0 Å². The van der Waals surface area contributed by atoms with E-state index >= 15 is 0 Å². The van der Waals surface area contributed by atoms with Gasteiger partial charge in [-0.15, -0.1) is 0 Å². The topological polar surface area (TPSA) is 49.7 Å². The van der Waals surface area contributed by atoms with Gasteiger partial charge in [0, 0.05) is 4.75 Å². The Labute approximate surface area is 90.1 Å². The molecule has 1 fully saturated rings. The molecule has 0 aliphatic heterocycles. The predicted molar refractivity (Wildman–Crippen MR) is 58.1 cm³/mol. The van der Waals surface area contributed by atoms with Crippen LogP contribution in [0.15, 0.2) is 0 Å². The van der Waals surface area contributed by atoms with Crippen molar-refractivity contribution >= 4 is 12.0 Å². The molecule has 0 saturated heterocycles. The molecule has 1 aliphatic rings. The standard InChI is InChI=1S/C10H20O3S/c1-2-3-6-13-14-10(4-5-10)7-9(12)8-11/h9,11-12H,2-8H2,1H3. The summed E-state index contributed by atoms with van der Waals surface area (Å²) in [4.78, 5) is 0. The molecule has 1 unspecified atom stereocenters. The summed E-state index contributed by atoms with van der Waals surface area (Å²) < 4.78 is 5.58. The Morgan fingerprint density at radius 1 is 1.50 bits per heavy atom. The van der Waals surface area contributed by atoms with Crippen LogP contribution in [0, 0.1) is 0 Å². The van der Waals surface area contributed by atoms with Crippen LogP contribution in [0.5, 0.6) is 0 Å². The van der Waals surface area contributed by atoms with E-state index in [9.17, 15) is 5.11 Å². The molecule has 0 aromatic carbocycles. The number of unbranched alkanes of at least 4 members (excludes halogenated alkanes) is 1. The highest BCUT2D eigenvalue weighted by atomic mass is 32.2. The lowest BCUT2D eigenvalue weighted by atomic mass is 10.2. The molecule has 4 heteroatoms. The van der Waals surface area contributed by atoms with Gasteiger partial charge in [0.05, 0.1) is 19.3 Å². The Morgan fingerprint density at radius 3 is 2.71 bits per heavy atom. The molecule has 84 valence electrons. The molecule has 14 heavy (non-hydrogen) atoms. The van der Waals surface area contributed by atoms with Crippen LogP contribution in [0.25, 0.3) is 0 Å². The molecular weight excluding hydrogens is 200 g/mol. The van der Waals surface area contributed by atoms with Gasteiger partial charge in [-0.05, 0) is 37.7 Å². The monoisotopic (exact) mass is 220 g/mol. The molecule has 3 nitrogen and oxygen atoms in total. The lowest BCUT2D eigenvalue weighted by molar-refractivity contribution is 0.0859. The Morgan fingerprint density at radius 2 is 2.21 bits per heavy atom. The van der Waals surface area contributed by atoms with Crippen LogP contribution in [0.4, 0.5) is 0 Å². The van der Waals surface area contributed by atoms with E-state index in [2.05, 4.69) is 6.92 Å². The molecule has 1 aliphatic carbocycles. The van der Waals surface area contributed by atoms with E-state index in [1.807, 2.05) is 0 Å². The zero-order chi connectivity index (χ0) is 10.4. The molecule has 0 amide bonds. The number of aliphatic hydroxyl groups excluding tert-OH is 2. The highest BCUT2D eigenvalue weighted by Crippen LogP contribution is 2.52. The first-order valence-corrected chi connectivity index (χ1v) is 6.06. The first-order valence-electron chi connectivity index (χ1n) is 5.32. The SMILES string of the molecule is CCCCOSC1(CC(O)CO)CC1. The normalized spacial score (nSPS) is 20.8. The van der Waals surface area contributed by atoms with E-state index in [1.54, 1.807) is 0 Å². The van der Waals surface area contributed by atoms with Crippen molar-refractivity contribution in [3.8, 4) is 0 Å². The summed E-state index contributed by atoms with van der Waals surface area (Å²) >= 11 is 1.50. The fourth-order valence-corrected chi connectivity index (χ4v) is 2.31. The largest absolute Gasteiger partial charge is 0.394 e. The van der Waals surface area contributed by atoms with Crippen molar-refractivity contribution in [1.29, 1.82) is 0 Å². The number of hydrogen-bond acceptors (Lipinski definition) is 4. The van der Waals surface area contributed by atoms with E-state index < -0.39 is 6.10 Å². The smallest absolute Gasteiger partial charge is 0.0785 e. The van der Waals surface area contributed by atoms with Crippen molar-refractivity contribution in [2.75, 3.05) is 13.2 Å². The van der Waals surface area contributed by atoms with E-state index in [-0.39, 0.29) is 11.4 Å². The van der Waals surface area contributed by atoms with Gasteiger partial charge in [-0.3, -0.25) is 0 Å². The molecular formula is C10H20O3S. The van der Waals surface area contributed by atoms with Gasteiger partial charge in [-0.1, -0.05) is 13.3 Å². The van der Waals surface area contributed by atoms with Crippen LogP contribution in [-0.4, -0.2) is 34.3 Å². The molecule has 0 aromatic rings. The molecule has 0 bridgehead atoms. The maximum Gasteiger partial charge on any atom is 0.0785 e. The van der Waals surface area contributed by atoms with Gasteiger partial charge in [-0.25, -0.2) is 0 Å². The van der Waals surface area contributed by atoms with E-state index in [0.29, 0.717) is 6.42 Å². The average molecular weight is 220 g/mol. The van der Waals surface area contributed by atoms with Crippen molar-refractivity contribution in [2.24, 2.45) is 0 Å². The van der Waals surface area contributed by atoms with Gasteiger partial charge in [0.1, 0.15) is 0 Å². The summed E-state index contributed by atoms with van der Waals surface area (Å²) in [5, 5.41) is 18.1. The number of hydrogen-bond donors (Lipinski definition) is 2. The van der Waals surface area contributed by atoms with Crippen molar-refractivity contribution in [1.82, 2.24) is 0 Å². The van der Waals surface area contributed by atoms with Gasteiger partial charge >= 0.3 is 0 Å². The summed E-state index contributed by atoms with van der Waals surface area (Å²) in [6.07, 6.45) is 4.50. The van der Waals surface area contributed by atoms with Gasteiger partial charge < -0.3 is 14.4 Å². The maximum absolute atomic E-state index is 9.32. The average Bonchev–Trinajstić information content (AvgIpc) is 2.93. The van der Waals surface area contributed by atoms with E-state index in [0.717, 1.165) is 32.3 Å². The highest BCUT2D eigenvalue weighted by molar-refractivity contribution is 7.96. The van der Waals surface area contributed by atoms with Gasteiger partial charge in [0.2, 0.25) is 0 Å². The molecule has 0 heterocycles. The molecule has 0 spiro atoms. The quantitative estimate of drug-likeness (QED) is 0.483. The van der Waals surface area contributed by atoms with Crippen LogP contribution in [0.3, 0.4) is 0 Å². The summed E-state index contributed by atoms with van der Waals surface area (Å²) in [7, 11) is 0. The van der Waals surface area contributed by atoms with Crippen molar-refractivity contribution in [2.45, 2.75) is 49.9 Å². The number of aliphatic hydroxyl groups is 2. The minimum absolute atomic E-state index is 0.107. The van der Waals surface area contributed by atoms with E-state index in [4.69, 9.17) is 9.29 Å². The van der Waals surface area contributed by atoms with Gasteiger partial charge in [0.25, 0.3) is 0 Å². The summed E-state index contributed by atoms with van der Waals surface area (Å²) in [6.45, 7) is 2.78. The zero-order valence-electron chi connectivity index (χ0n) is 8.74. The molecule has 1 rings (SSSR count). The van der Waals surface area contributed by atoms with Gasteiger partial charge in [0.15, 0.2) is 0 Å². The fourth-order valence-electron chi connectivity index (χ4n) is 1.32. The minimum atomic E-state index is -0.584. The van der Waals surface area contributed by atoms with Gasteiger partial charge in [-0.2, -0.15) is 0 Å². The number of rotatable bonds is 8. The zero-order valence-corrected chi connectivity index (χ0v) is 9.55. The summed E-state index contributed by atoms with van der Waals surface area (Å²) in [5.41, 5.74) is 0. The maximum atomic E-state index is 9.32. The second-order valence-electron chi connectivity index (χ2n) is 3.98. The Balaban J connectivity index is 2.09. The van der Waals surface area contributed by atoms with Crippen molar-refractivity contribution in [3.05, 3.63) is 0 Å². The molecule has 2 N–H and O–H groups in total. The first-order chi connectivity index (χ1) is 6.72. The second kappa shape index (κ2) is 5.95. The lowest BCUT2D eigenvalue weighted by Crippen LogP contribution is -2.20. The third-order valence-corrected chi connectivity index (χ3v) is 3.66. The lowest BCUT2D eigenvalue weighted by Gasteiger charge is -2.16. The second-order valence-corrected chi connectivity index (χ2v) is 5.25. The minimum Gasteiger partial charge on any atom is -0.394 e. The third-order valence-electron chi connectivity index (χ3n) is 2.44. The summed E-state index contributed by atoms with van der Waals surface area (Å²) in [5.74, 6) is 0. The highest BCUT2D eigenvalue weighted by Gasteiger charge is 2.45. The Kier molecular flexibility index (Phi) is 5.23. The van der Waals surface area contributed by atoms with E-state index in [1.165, 1.54) is 12.0 Å². The molecule has 0 radical (unpaired) electrons. The molecule has 1 saturated carbocycles. The Bertz CT molecular complexity index is 159. The predicted octanol–water partition coefficient (Wildman–Crippen LogP) is 1.73. The van der Waals surface area contributed by atoms with Crippen LogP contribution in [0.2, 0.25) is 0 Å². The van der Waals surface area contributed by atoms with Crippen molar-refractivity contribution in [3.63, 3.8) is 0 Å². The Hall–Kier alpha value is 0.230. The summed E-state index contributed by atoms with van der Waals surface area (Å²) in [6, 6.07) is 0. The van der Waals surface area contributed by atoms with Crippen LogP contribution in [0.1, 0.15) is 39.0 Å². The van der Waals surface area contributed by atoms with Crippen LogP contribution in [-0.2, 0) is 4.18 Å². The van der Waals surface area contributed by atoms with Crippen LogP contribution >= 0.6 is 12.0 Å². The first kappa shape index (κ1) is 12.3. The van der Waals surface area contributed by atoms with Crippen molar-refractivity contribution < 1.29 is 14.4 Å².